The zero-order valence-electron chi connectivity index (χ0n) is 17.7. The summed E-state index contributed by atoms with van der Waals surface area (Å²) in [5.74, 6) is -0.279. The first-order valence-electron chi connectivity index (χ1n) is 9.84. The van der Waals surface area contributed by atoms with Gasteiger partial charge in [-0.25, -0.2) is 4.39 Å². The Morgan fingerprint density at radius 1 is 0.968 bits per heavy atom. The molecule has 0 saturated carbocycles. The molecule has 2 amide bonds. The lowest BCUT2D eigenvalue weighted by Crippen LogP contribution is -2.28. The van der Waals surface area contributed by atoms with E-state index in [9.17, 15) is 14.0 Å². The fourth-order valence-electron chi connectivity index (χ4n) is 3.38. The van der Waals surface area contributed by atoms with E-state index in [0.29, 0.717) is 41.4 Å². The van der Waals surface area contributed by atoms with Crippen LogP contribution in [0, 0.1) is 5.82 Å². The molecule has 0 spiro atoms. The Labute approximate surface area is 180 Å². The number of benzene rings is 2. The number of methoxy groups -OCH3 is 3. The van der Waals surface area contributed by atoms with E-state index in [1.807, 2.05) is 0 Å². The molecule has 0 unspecified atom stereocenters. The maximum atomic E-state index is 13.8. The van der Waals surface area contributed by atoms with E-state index in [-0.39, 0.29) is 11.7 Å². The third-order valence-corrected chi connectivity index (χ3v) is 5.01. The van der Waals surface area contributed by atoms with E-state index in [4.69, 9.17) is 14.2 Å². The van der Waals surface area contributed by atoms with Crippen molar-refractivity contribution in [2.75, 3.05) is 39.7 Å². The van der Waals surface area contributed by atoms with Crippen LogP contribution in [0.15, 0.2) is 36.4 Å². The summed E-state index contributed by atoms with van der Waals surface area (Å²) in [6.45, 7) is 1.34. The lowest BCUT2D eigenvalue weighted by atomic mass is 10.1. The summed E-state index contributed by atoms with van der Waals surface area (Å²) in [6, 6.07) is 7.50. The first-order valence-corrected chi connectivity index (χ1v) is 9.84. The van der Waals surface area contributed by atoms with Crippen molar-refractivity contribution in [3.63, 3.8) is 0 Å². The van der Waals surface area contributed by atoms with Gasteiger partial charge in [0.05, 0.1) is 32.6 Å². The first kappa shape index (κ1) is 22.1. The van der Waals surface area contributed by atoms with Gasteiger partial charge in [0.2, 0.25) is 5.91 Å². The van der Waals surface area contributed by atoms with Crippen molar-refractivity contribution in [3.05, 3.63) is 53.4 Å². The first-order chi connectivity index (χ1) is 15.0. The lowest BCUT2D eigenvalue weighted by molar-refractivity contribution is -0.111. The van der Waals surface area contributed by atoms with E-state index in [0.717, 1.165) is 12.8 Å². The van der Waals surface area contributed by atoms with Crippen LogP contribution in [0.4, 0.5) is 10.1 Å². The average Bonchev–Trinajstić information content (AvgIpc) is 3.32. The topological polar surface area (TPSA) is 77.1 Å². The fraction of sp³-hybridized carbons (Fsp3) is 0.304. The minimum atomic E-state index is -0.525. The quantitative estimate of drug-likeness (QED) is 0.680. The highest BCUT2D eigenvalue weighted by Gasteiger charge is 2.24. The summed E-state index contributed by atoms with van der Waals surface area (Å²) in [4.78, 5) is 27.3. The maximum Gasteiger partial charge on any atom is 0.256 e. The van der Waals surface area contributed by atoms with E-state index in [2.05, 4.69) is 5.32 Å². The van der Waals surface area contributed by atoms with E-state index < -0.39 is 11.7 Å². The zero-order chi connectivity index (χ0) is 22.4. The highest BCUT2D eigenvalue weighted by Crippen LogP contribution is 2.34. The van der Waals surface area contributed by atoms with Crippen molar-refractivity contribution in [3.8, 4) is 17.2 Å². The number of amides is 2. The van der Waals surface area contributed by atoms with Gasteiger partial charge in [-0.15, -0.1) is 0 Å². The molecule has 7 nitrogen and oxygen atoms in total. The molecule has 164 valence electrons. The van der Waals surface area contributed by atoms with Gasteiger partial charge in [0, 0.05) is 25.2 Å². The number of hydrogen-bond acceptors (Lipinski definition) is 5. The van der Waals surface area contributed by atoms with Crippen LogP contribution >= 0.6 is 0 Å². The predicted molar refractivity (Wildman–Crippen MR) is 115 cm³/mol. The van der Waals surface area contributed by atoms with Crippen LogP contribution in [0.25, 0.3) is 6.08 Å². The number of nitrogens with one attached hydrogen (secondary N) is 1. The molecule has 0 atom stereocenters. The number of ether oxygens (including phenoxy) is 3. The fourth-order valence-corrected chi connectivity index (χ4v) is 3.38. The maximum absolute atomic E-state index is 13.8. The Morgan fingerprint density at radius 3 is 2.23 bits per heavy atom. The zero-order valence-corrected chi connectivity index (χ0v) is 17.7. The van der Waals surface area contributed by atoms with Crippen LogP contribution in [0.5, 0.6) is 17.2 Å². The summed E-state index contributed by atoms with van der Waals surface area (Å²) in [5, 5.41) is 2.72. The van der Waals surface area contributed by atoms with Crippen LogP contribution < -0.4 is 19.5 Å². The van der Waals surface area contributed by atoms with Gasteiger partial charge >= 0.3 is 0 Å². The lowest BCUT2D eigenvalue weighted by Gasteiger charge is -2.19. The molecule has 31 heavy (non-hydrogen) atoms. The second-order valence-electron chi connectivity index (χ2n) is 6.97. The van der Waals surface area contributed by atoms with Gasteiger partial charge in [-0.3, -0.25) is 9.59 Å². The van der Waals surface area contributed by atoms with Gasteiger partial charge in [-0.1, -0.05) is 6.07 Å². The molecule has 0 aliphatic carbocycles. The van der Waals surface area contributed by atoms with Crippen LogP contribution in [-0.2, 0) is 4.79 Å². The molecular formula is C23H25FN2O5. The second-order valence-corrected chi connectivity index (χ2v) is 6.97. The third kappa shape index (κ3) is 5.14. The van der Waals surface area contributed by atoms with Gasteiger partial charge in [0.15, 0.2) is 23.1 Å². The Kier molecular flexibility index (Phi) is 7.12. The summed E-state index contributed by atoms with van der Waals surface area (Å²) < 4.78 is 29.4. The van der Waals surface area contributed by atoms with Gasteiger partial charge in [-0.05, 0) is 42.7 Å². The summed E-state index contributed by atoms with van der Waals surface area (Å²) in [6.07, 6.45) is 4.63. The van der Waals surface area contributed by atoms with Crippen LogP contribution in [0.3, 0.4) is 0 Å². The van der Waals surface area contributed by atoms with Crippen LogP contribution in [0.2, 0.25) is 0 Å². The monoisotopic (exact) mass is 428 g/mol. The number of halogens is 1. The van der Waals surface area contributed by atoms with Gasteiger partial charge in [0.1, 0.15) is 0 Å². The minimum Gasteiger partial charge on any atom is -0.494 e. The van der Waals surface area contributed by atoms with E-state index in [1.54, 1.807) is 23.1 Å². The minimum absolute atomic E-state index is 0.122. The molecule has 0 aromatic heterocycles. The molecule has 1 heterocycles. The van der Waals surface area contributed by atoms with Crippen molar-refractivity contribution in [2.24, 2.45) is 0 Å². The van der Waals surface area contributed by atoms with Crippen molar-refractivity contribution in [1.82, 2.24) is 4.90 Å². The van der Waals surface area contributed by atoms with Gasteiger partial charge in [0.25, 0.3) is 5.91 Å². The summed E-state index contributed by atoms with van der Waals surface area (Å²) in [5.41, 5.74) is 1.12. The standard InChI is InChI=1S/C23H25FN2O5/c1-29-19-8-6-15(12-17(19)24)7-9-22(27)25-18-14-21(31-3)20(30-2)13-16(18)23(28)26-10-4-5-11-26/h6-9,12-14H,4-5,10-11H2,1-3H3,(H,25,27)/b9-7+. The Morgan fingerprint density at radius 2 is 1.61 bits per heavy atom. The number of anilines is 1. The average molecular weight is 428 g/mol. The predicted octanol–water partition coefficient (Wildman–Crippen LogP) is 3.74. The van der Waals surface area contributed by atoms with Crippen LogP contribution in [-0.4, -0.2) is 51.1 Å². The van der Waals surface area contributed by atoms with Crippen molar-refractivity contribution < 1.29 is 28.2 Å². The van der Waals surface area contributed by atoms with Gasteiger partial charge in [-0.2, -0.15) is 0 Å². The number of hydrogen-bond donors (Lipinski definition) is 1. The van der Waals surface area contributed by atoms with Crippen molar-refractivity contribution >= 4 is 23.6 Å². The molecular weight excluding hydrogens is 403 g/mol. The molecule has 2 aromatic rings. The molecule has 1 N–H and O–H groups in total. The smallest absolute Gasteiger partial charge is 0.256 e. The SMILES string of the molecule is COc1ccc(/C=C/C(=O)Nc2cc(OC)c(OC)cc2C(=O)N2CCCC2)cc1F. The number of nitrogens with zero attached hydrogens (tertiary/aromatic N) is 1. The molecule has 0 radical (unpaired) electrons. The number of carbonyl (C=O) groups is 2. The number of likely N-dealkylation sites (tertiary alicyclic amines) is 1. The Balaban J connectivity index is 1.85. The third-order valence-electron chi connectivity index (χ3n) is 5.01. The normalized spacial score (nSPS) is 13.4. The van der Waals surface area contributed by atoms with Crippen molar-refractivity contribution in [2.45, 2.75) is 12.8 Å². The summed E-state index contributed by atoms with van der Waals surface area (Å²) in [7, 11) is 4.34. The van der Waals surface area contributed by atoms with E-state index >= 15 is 0 Å². The largest absolute Gasteiger partial charge is 0.494 e. The Bertz CT molecular complexity index is 1000. The van der Waals surface area contributed by atoms with E-state index in [1.165, 1.54) is 45.6 Å². The number of rotatable bonds is 7. The number of carbonyl (C=O) groups excluding carboxylic acids is 2. The van der Waals surface area contributed by atoms with Gasteiger partial charge < -0.3 is 24.4 Å². The van der Waals surface area contributed by atoms with Crippen molar-refractivity contribution in [1.29, 1.82) is 0 Å². The highest BCUT2D eigenvalue weighted by molar-refractivity contribution is 6.08. The molecule has 1 aliphatic heterocycles. The Hall–Kier alpha value is -3.55. The molecule has 2 aromatic carbocycles. The van der Waals surface area contributed by atoms with Crippen LogP contribution in [0.1, 0.15) is 28.8 Å². The molecule has 0 bridgehead atoms. The molecule has 1 fully saturated rings. The second kappa shape index (κ2) is 9.97. The highest BCUT2D eigenvalue weighted by atomic mass is 19.1. The molecule has 1 aliphatic rings. The molecule has 1 saturated heterocycles. The molecule has 8 heteroatoms. The summed E-state index contributed by atoms with van der Waals surface area (Å²) >= 11 is 0. The molecule has 3 rings (SSSR count).